The van der Waals surface area contributed by atoms with E-state index in [-0.39, 0.29) is 12.0 Å². The molecule has 0 amide bonds. The maximum absolute atomic E-state index is 10.4. The Bertz CT molecular complexity index is 385. The quantitative estimate of drug-likeness (QED) is 0.846. The van der Waals surface area contributed by atoms with E-state index in [1.165, 1.54) is 5.56 Å². The summed E-state index contributed by atoms with van der Waals surface area (Å²) in [7, 11) is 0. The van der Waals surface area contributed by atoms with Crippen LogP contribution in [0.25, 0.3) is 0 Å². The molecule has 0 radical (unpaired) electrons. The Balaban J connectivity index is 1.84. The van der Waals surface area contributed by atoms with Crippen molar-refractivity contribution in [2.45, 2.75) is 25.0 Å². The van der Waals surface area contributed by atoms with Crippen molar-refractivity contribution in [1.82, 2.24) is 0 Å². The van der Waals surface area contributed by atoms with Crippen LogP contribution in [-0.4, -0.2) is 31.0 Å². The second-order valence-corrected chi connectivity index (χ2v) is 4.85. The Hall–Kier alpha value is -0.900. The summed E-state index contributed by atoms with van der Waals surface area (Å²) in [6.45, 7) is 2.12. The van der Waals surface area contributed by atoms with E-state index in [4.69, 9.17) is 9.47 Å². The van der Waals surface area contributed by atoms with E-state index in [0.717, 1.165) is 25.0 Å². The van der Waals surface area contributed by atoms with Gasteiger partial charge in [0.2, 0.25) is 0 Å². The first-order valence-electron chi connectivity index (χ1n) is 6.31. The van der Waals surface area contributed by atoms with Gasteiger partial charge in [-0.2, -0.15) is 0 Å². The summed E-state index contributed by atoms with van der Waals surface area (Å²) in [5.41, 5.74) is 2.46. The summed E-state index contributed by atoms with van der Waals surface area (Å²) in [6, 6.07) is 8.26. The van der Waals surface area contributed by atoms with Crippen molar-refractivity contribution in [2.24, 2.45) is 5.92 Å². The molecule has 0 aliphatic carbocycles. The van der Waals surface area contributed by atoms with E-state index in [9.17, 15) is 5.11 Å². The van der Waals surface area contributed by atoms with Crippen molar-refractivity contribution in [1.29, 1.82) is 0 Å². The van der Waals surface area contributed by atoms with Crippen molar-refractivity contribution >= 4 is 0 Å². The largest absolute Gasteiger partial charge is 0.390 e. The van der Waals surface area contributed by atoms with E-state index >= 15 is 0 Å². The highest BCUT2D eigenvalue weighted by molar-refractivity contribution is 5.31. The van der Waals surface area contributed by atoms with Crippen molar-refractivity contribution in [2.75, 3.05) is 19.8 Å². The maximum Gasteiger partial charge on any atom is 0.109 e. The van der Waals surface area contributed by atoms with Crippen molar-refractivity contribution in [3.05, 3.63) is 35.4 Å². The van der Waals surface area contributed by atoms with Crippen molar-refractivity contribution in [3.63, 3.8) is 0 Å². The zero-order valence-electron chi connectivity index (χ0n) is 9.84. The van der Waals surface area contributed by atoms with Crippen LogP contribution in [0.4, 0.5) is 0 Å². The van der Waals surface area contributed by atoms with E-state index in [1.54, 1.807) is 0 Å². The minimum absolute atomic E-state index is 0.174. The molecule has 2 heterocycles. The van der Waals surface area contributed by atoms with Crippen LogP contribution in [0, 0.1) is 5.92 Å². The van der Waals surface area contributed by atoms with E-state index in [0.29, 0.717) is 13.2 Å². The van der Waals surface area contributed by atoms with Crippen LogP contribution in [-0.2, 0) is 15.9 Å². The molecule has 17 heavy (non-hydrogen) atoms. The molecule has 1 N–H and O–H groups in total. The number of rotatable bonds is 2. The van der Waals surface area contributed by atoms with Gasteiger partial charge < -0.3 is 14.6 Å². The molecule has 1 aromatic carbocycles. The molecular formula is C14H18O3. The monoisotopic (exact) mass is 234 g/mol. The molecule has 0 bridgehead atoms. The molecule has 2 aliphatic heterocycles. The zero-order valence-corrected chi connectivity index (χ0v) is 9.84. The van der Waals surface area contributed by atoms with Crippen LogP contribution in [0.2, 0.25) is 0 Å². The highest BCUT2D eigenvalue weighted by atomic mass is 16.5. The standard InChI is InChI=1S/C14H18O3/c15-13(11-5-7-16-9-11)14-12-4-2-1-3-10(12)6-8-17-14/h1-4,11,13-15H,5-9H2. The van der Waals surface area contributed by atoms with Gasteiger partial charge in [0.25, 0.3) is 0 Å². The van der Waals surface area contributed by atoms with Gasteiger partial charge in [-0.15, -0.1) is 0 Å². The maximum atomic E-state index is 10.4. The van der Waals surface area contributed by atoms with Gasteiger partial charge in [-0.3, -0.25) is 0 Å². The first-order valence-corrected chi connectivity index (χ1v) is 6.31. The van der Waals surface area contributed by atoms with Crippen LogP contribution in [0.1, 0.15) is 23.7 Å². The molecule has 3 heteroatoms. The smallest absolute Gasteiger partial charge is 0.109 e. The molecule has 0 aromatic heterocycles. The third-order valence-electron chi connectivity index (χ3n) is 3.79. The molecule has 0 saturated carbocycles. The third kappa shape index (κ3) is 2.10. The molecule has 3 atom stereocenters. The topological polar surface area (TPSA) is 38.7 Å². The number of benzene rings is 1. The molecule has 3 nitrogen and oxygen atoms in total. The van der Waals surface area contributed by atoms with Crippen LogP contribution in [0.5, 0.6) is 0 Å². The molecule has 92 valence electrons. The molecule has 0 spiro atoms. The fourth-order valence-corrected chi connectivity index (χ4v) is 2.78. The van der Waals surface area contributed by atoms with Gasteiger partial charge in [0.05, 0.1) is 19.3 Å². The predicted octanol–water partition coefficient (Wildman–Crippen LogP) is 1.70. The van der Waals surface area contributed by atoms with Gasteiger partial charge in [-0.25, -0.2) is 0 Å². The van der Waals surface area contributed by atoms with E-state index in [2.05, 4.69) is 12.1 Å². The van der Waals surface area contributed by atoms with Crippen molar-refractivity contribution in [3.8, 4) is 0 Å². The van der Waals surface area contributed by atoms with Gasteiger partial charge in [0.15, 0.2) is 0 Å². The highest BCUT2D eigenvalue weighted by Crippen LogP contribution is 2.34. The summed E-state index contributed by atoms with van der Waals surface area (Å²) in [4.78, 5) is 0. The van der Waals surface area contributed by atoms with Gasteiger partial charge in [-0.1, -0.05) is 24.3 Å². The average molecular weight is 234 g/mol. The van der Waals surface area contributed by atoms with Gasteiger partial charge in [0.1, 0.15) is 6.10 Å². The highest BCUT2D eigenvalue weighted by Gasteiger charge is 2.34. The minimum atomic E-state index is -0.445. The molecule has 1 saturated heterocycles. The zero-order chi connectivity index (χ0) is 11.7. The van der Waals surface area contributed by atoms with Gasteiger partial charge in [-0.05, 0) is 24.0 Å². The van der Waals surface area contributed by atoms with Crippen LogP contribution < -0.4 is 0 Å². The summed E-state index contributed by atoms with van der Waals surface area (Å²) in [6.07, 6.45) is 1.26. The molecule has 2 aliphatic rings. The second-order valence-electron chi connectivity index (χ2n) is 4.85. The Morgan fingerprint density at radius 3 is 2.94 bits per heavy atom. The van der Waals surface area contributed by atoms with Crippen LogP contribution in [0.3, 0.4) is 0 Å². The first kappa shape index (κ1) is 11.2. The Labute approximate surface area is 101 Å². The number of hydrogen-bond acceptors (Lipinski definition) is 3. The number of fused-ring (bicyclic) bond motifs is 1. The summed E-state index contributed by atoms with van der Waals surface area (Å²) >= 11 is 0. The number of ether oxygens (including phenoxy) is 2. The minimum Gasteiger partial charge on any atom is -0.390 e. The lowest BCUT2D eigenvalue weighted by molar-refractivity contribution is -0.0713. The summed E-state index contributed by atoms with van der Waals surface area (Å²) in [5, 5.41) is 10.4. The first-order chi connectivity index (χ1) is 8.36. The van der Waals surface area contributed by atoms with Gasteiger partial charge >= 0.3 is 0 Å². The Kier molecular flexibility index (Phi) is 3.14. The lowest BCUT2D eigenvalue weighted by Crippen LogP contribution is -2.33. The Morgan fingerprint density at radius 1 is 1.24 bits per heavy atom. The SMILES string of the molecule is OC(C1CCOC1)C1OCCc2ccccc21. The van der Waals surface area contributed by atoms with Crippen LogP contribution in [0.15, 0.2) is 24.3 Å². The third-order valence-corrected chi connectivity index (χ3v) is 3.79. The number of aliphatic hydroxyl groups excluding tert-OH is 1. The summed E-state index contributed by atoms with van der Waals surface area (Å²) < 4.78 is 11.1. The fraction of sp³-hybridized carbons (Fsp3) is 0.571. The lowest BCUT2D eigenvalue weighted by Gasteiger charge is -2.32. The lowest BCUT2D eigenvalue weighted by atomic mass is 9.88. The van der Waals surface area contributed by atoms with E-state index in [1.807, 2.05) is 12.1 Å². The number of aliphatic hydroxyl groups is 1. The average Bonchev–Trinajstić information content (AvgIpc) is 2.91. The Morgan fingerprint density at radius 2 is 2.12 bits per heavy atom. The molecule has 3 unspecified atom stereocenters. The molecular weight excluding hydrogens is 216 g/mol. The normalized spacial score (nSPS) is 29.9. The summed E-state index contributed by atoms with van der Waals surface area (Å²) in [5.74, 6) is 0.214. The van der Waals surface area contributed by atoms with E-state index < -0.39 is 6.10 Å². The molecule has 1 fully saturated rings. The second kappa shape index (κ2) is 4.77. The number of hydrogen-bond donors (Lipinski definition) is 1. The molecule has 1 aromatic rings. The van der Waals surface area contributed by atoms with Crippen molar-refractivity contribution < 1.29 is 14.6 Å². The molecule has 3 rings (SSSR count). The predicted molar refractivity (Wildman–Crippen MR) is 63.8 cm³/mol. The van der Waals surface area contributed by atoms with Crippen LogP contribution >= 0.6 is 0 Å². The van der Waals surface area contributed by atoms with Gasteiger partial charge in [0, 0.05) is 12.5 Å². The fourth-order valence-electron chi connectivity index (χ4n) is 2.78.